The minimum absolute atomic E-state index is 0.0509. The van der Waals surface area contributed by atoms with E-state index in [0.29, 0.717) is 0 Å². The first kappa shape index (κ1) is 11.6. The average molecular weight is 242 g/mol. The topological polar surface area (TPSA) is 17.1 Å². The Bertz CT molecular complexity index is 587. The van der Waals surface area contributed by atoms with Crippen molar-refractivity contribution in [3.8, 4) is 0 Å². The van der Waals surface area contributed by atoms with Crippen molar-refractivity contribution in [1.29, 1.82) is 0 Å². The molecule has 2 aromatic rings. The Morgan fingerprint density at radius 2 is 1.76 bits per heavy atom. The molecule has 0 amide bonds. The fourth-order valence-corrected chi connectivity index (χ4v) is 1.65. The maximum absolute atomic E-state index is 12.6. The van der Waals surface area contributed by atoms with Crippen molar-refractivity contribution in [3.63, 3.8) is 0 Å². The number of rotatable bonds is 1. The lowest BCUT2D eigenvalue weighted by Crippen LogP contribution is -2.05. The van der Waals surface area contributed by atoms with Crippen LogP contribution in [0.15, 0.2) is 36.4 Å². The molecule has 2 rings (SSSR count). The summed E-state index contributed by atoms with van der Waals surface area (Å²) in [5, 5.41) is 0.133. The third-order valence-corrected chi connectivity index (χ3v) is 2.41. The van der Waals surface area contributed by atoms with Crippen molar-refractivity contribution in [2.24, 2.45) is 0 Å². The Morgan fingerprint density at radius 1 is 1.06 bits per heavy atom. The molecular weight excluding hydrogens is 236 g/mol. The van der Waals surface area contributed by atoms with E-state index in [1.807, 2.05) is 0 Å². The highest BCUT2D eigenvalue weighted by Crippen LogP contribution is 2.34. The number of fused-ring (bicyclic) bond motifs is 1. The van der Waals surface area contributed by atoms with E-state index >= 15 is 0 Å². The van der Waals surface area contributed by atoms with Crippen LogP contribution in [-0.4, -0.2) is 6.04 Å². The zero-order chi connectivity index (χ0) is 12.6. The van der Waals surface area contributed by atoms with Crippen LogP contribution in [0.4, 0.5) is 17.6 Å². The van der Waals surface area contributed by atoms with Gasteiger partial charge in [0.05, 0.1) is 11.1 Å². The second-order valence-electron chi connectivity index (χ2n) is 3.51. The fourth-order valence-electron chi connectivity index (χ4n) is 1.65. The van der Waals surface area contributed by atoms with Crippen LogP contribution in [0, 0.1) is 0 Å². The minimum Gasteiger partial charge on any atom is -0.255 e. The largest absolute Gasteiger partial charge is 0.417 e. The number of benzene rings is 2. The first-order chi connectivity index (χ1) is 7.89. The molecule has 0 heterocycles. The summed E-state index contributed by atoms with van der Waals surface area (Å²) in [7, 11) is 0. The number of alkyl halides is 3. The summed E-state index contributed by atoms with van der Waals surface area (Å²) >= 11 is 0. The highest BCUT2D eigenvalue weighted by Gasteiger charge is 2.32. The summed E-state index contributed by atoms with van der Waals surface area (Å²) in [5.74, 6) is 0. The molecule has 0 aliphatic rings. The SMILES string of the molecule is O=C(F)c1ccc2c(C(F)(F)F)cccc2c1. The smallest absolute Gasteiger partial charge is 0.255 e. The normalized spacial score (nSPS) is 11.8. The number of carbonyl (C=O) groups excluding carboxylic acids is 1. The van der Waals surface area contributed by atoms with Gasteiger partial charge in [0, 0.05) is 0 Å². The van der Waals surface area contributed by atoms with Crippen molar-refractivity contribution < 1.29 is 22.4 Å². The van der Waals surface area contributed by atoms with Crippen molar-refractivity contribution >= 4 is 16.8 Å². The minimum atomic E-state index is -4.47. The molecule has 0 N–H and O–H groups in total. The average Bonchev–Trinajstić information content (AvgIpc) is 2.26. The van der Waals surface area contributed by atoms with Gasteiger partial charge in [-0.05, 0) is 29.0 Å². The Hall–Kier alpha value is -1.91. The first-order valence-corrected chi connectivity index (χ1v) is 4.69. The molecule has 0 atom stereocenters. The Labute approximate surface area is 93.7 Å². The Morgan fingerprint density at radius 3 is 2.35 bits per heavy atom. The summed E-state index contributed by atoms with van der Waals surface area (Å²) in [6.45, 7) is 0. The third-order valence-electron chi connectivity index (χ3n) is 2.41. The summed E-state index contributed by atoms with van der Waals surface area (Å²) in [6.07, 6.45) is -4.47. The third kappa shape index (κ3) is 2.13. The van der Waals surface area contributed by atoms with Crippen molar-refractivity contribution in [3.05, 3.63) is 47.5 Å². The fraction of sp³-hybridized carbons (Fsp3) is 0.0833. The Kier molecular flexibility index (Phi) is 2.61. The molecule has 0 bridgehead atoms. The number of halogens is 4. The van der Waals surface area contributed by atoms with Gasteiger partial charge in [0.2, 0.25) is 0 Å². The molecule has 5 heteroatoms. The molecule has 0 aliphatic carbocycles. The lowest BCUT2D eigenvalue weighted by atomic mass is 10.0. The van der Waals surface area contributed by atoms with E-state index in [4.69, 9.17) is 0 Å². The summed E-state index contributed by atoms with van der Waals surface area (Å²) in [4.78, 5) is 10.5. The molecule has 0 aliphatic heterocycles. The van der Waals surface area contributed by atoms with Gasteiger partial charge in [-0.25, -0.2) is 0 Å². The quantitative estimate of drug-likeness (QED) is 0.546. The molecule has 17 heavy (non-hydrogen) atoms. The second kappa shape index (κ2) is 3.84. The Balaban J connectivity index is 2.72. The molecule has 0 aromatic heterocycles. The maximum Gasteiger partial charge on any atom is 0.417 e. The van der Waals surface area contributed by atoms with Gasteiger partial charge in [0.25, 0.3) is 0 Å². The van der Waals surface area contributed by atoms with Crippen LogP contribution in [0.5, 0.6) is 0 Å². The van der Waals surface area contributed by atoms with Crippen LogP contribution in [0.2, 0.25) is 0 Å². The molecule has 0 saturated carbocycles. The van der Waals surface area contributed by atoms with E-state index in [2.05, 4.69) is 0 Å². The van der Waals surface area contributed by atoms with Crippen molar-refractivity contribution in [1.82, 2.24) is 0 Å². The molecule has 0 radical (unpaired) electrons. The van der Waals surface area contributed by atoms with Gasteiger partial charge < -0.3 is 0 Å². The molecule has 0 unspecified atom stereocenters. The van der Waals surface area contributed by atoms with Crippen LogP contribution in [0.3, 0.4) is 0 Å². The van der Waals surface area contributed by atoms with Crippen molar-refractivity contribution in [2.45, 2.75) is 6.18 Å². The first-order valence-electron chi connectivity index (χ1n) is 4.69. The monoisotopic (exact) mass is 242 g/mol. The van der Waals surface area contributed by atoms with Gasteiger partial charge in [-0.1, -0.05) is 18.2 Å². The predicted octanol–water partition coefficient (Wildman–Crippen LogP) is 3.97. The molecule has 88 valence electrons. The van der Waals surface area contributed by atoms with E-state index in [-0.39, 0.29) is 16.3 Å². The summed E-state index contributed by atoms with van der Waals surface area (Å²) < 4.78 is 50.3. The molecule has 0 fully saturated rings. The lowest BCUT2D eigenvalue weighted by molar-refractivity contribution is -0.136. The van der Waals surface area contributed by atoms with Crippen LogP contribution in [0.1, 0.15) is 15.9 Å². The standard InChI is InChI=1S/C12H6F4O/c13-11(17)8-4-5-9-7(6-8)2-1-3-10(9)12(14,15)16/h1-6H. The molecular formula is C12H6F4O. The van der Waals surface area contributed by atoms with Crippen LogP contribution in [-0.2, 0) is 6.18 Å². The van der Waals surface area contributed by atoms with E-state index in [0.717, 1.165) is 24.3 Å². The highest BCUT2D eigenvalue weighted by molar-refractivity contribution is 5.95. The van der Waals surface area contributed by atoms with Gasteiger partial charge >= 0.3 is 12.2 Å². The summed E-state index contributed by atoms with van der Waals surface area (Å²) in [6, 6.07) is 5.15. The molecule has 2 aromatic carbocycles. The van der Waals surface area contributed by atoms with E-state index < -0.39 is 17.8 Å². The number of carbonyl (C=O) groups is 1. The van der Waals surface area contributed by atoms with Crippen LogP contribution < -0.4 is 0 Å². The molecule has 1 nitrogen and oxygen atoms in total. The van der Waals surface area contributed by atoms with E-state index in [9.17, 15) is 22.4 Å². The summed E-state index contributed by atoms with van der Waals surface area (Å²) in [5.41, 5.74) is -1.05. The van der Waals surface area contributed by atoms with Gasteiger partial charge in [-0.2, -0.15) is 17.6 Å². The van der Waals surface area contributed by atoms with Gasteiger partial charge in [-0.15, -0.1) is 0 Å². The maximum atomic E-state index is 12.6. The predicted molar refractivity (Wildman–Crippen MR) is 54.4 cm³/mol. The van der Waals surface area contributed by atoms with Crippen LogP contribution >= 0.6 is 0 Å². The molecule has 0 saturated heterocycles. The van der Waals surface area contributed by atoms with E-state index in [1.54, 1.807) is 0 Å². The second-order valence-corrected chi connectivity index (χ2v) is 3.51. The molecule has 0 spiro atoms. The van der Waals surface area contributed by atoms with Crippen LogP contribution in [0.25, 0.3) is 10.8 Å². The zero-order valence-corrected chi connectivity index (χ0v) is 8.38. The number of hydrogen-bond donors (Lipinski definition) is 0. The highest BCUT2D eigenvalue weighted by atomic mass is 19.4. The van der Waals surface area contributed by atoms with Gasteiger partial charge in [0.1, 0.15) is 0 Å². The van der Waals surface area contributed by atoms with Crippen molar-refractivity contribution in [2.75, 3.05) is 0 Å². The lowest BCUT2D eigenvalue weighted by Gasteiger charge is -2.10. The van der Waals surface area contributed by atoms with E-state index in [1.165, 1.54) is 12.1 Å². The van der Waals surface area contributed by atoms with Gasteiger partial charge in [-0.3, -0.25) is 4.79 Å². The van der Waals surface area contributed by atoms with Gasteiger partial charge in [0.15, 0.2) is 0 Å². The zero-order valence-electron chi connectivity index (χ0n) is 8.38. The number of hydrogen-bond acceptors (Lipinski definition) is 1.